The number of likely N-dealkylation sites (tertiary alicyclic amines) is 1. The van der Waals surface area contributed by atoms with Crippen LogP contribution in [0.25, 0.3) is 0 Å². The van der Waals surface area contributed by atoms with Gasteiger partial charge in [-0.1, -0.05) is 30.3 Å². The molecular weight excluding hydrogens is 426 g/mol. The fourth-order valence-corrected chi connectivity index (χ4v) is 4.04. The third kappa shape index (κ3) is 4.62. The van der Waals surface area contributed by atoms with E-state index in [1.54, 1.807) is 0 Å². The number of rotatable bonds is 6. The average Bonchev–Trinajstić information content (AvgIpc) is 3.07. The molecule has 9 heteroatoms. The van der Waals surface area contributed by atoms with Gasteiger partial charge in [-0.3, -0.25) is 24.1 Å². The van der Waals surface area contributed by atoms with E-state index in [9.17, 15) is 24.0 Å². The van der Waals surface area contributed by atoms with Crippen LogP contribution in [-0.2, 0) is 20.9 Å². The molecule has 2 heterocycles. The maximum absolute atomic E-state index is 12.8. The number of imide groups is 1. The molecule has 2 aliphatic heterocycles. The van der Waals surface area contributed by atoms with Crippen LogP contribution in [0.5, 0.6) is 0 Å². The molecule has 2 aromatic rings. The number of hydrogen-bond acceptors (Lipinski definition) is 6. The lowest BCUT2D eigenvalue weighted by Crippen LogP contribution is -2.43. The second-order valence-electron chi connectivity index (χ2n) is 8.08. The molecule has 4 amide bonds. The summed E-state index contributed by atoms with van der Waals surface area (Å²) in [6.45, 7) is 0.422. The number of fused-ring (bicyclic) bond motifs is 1. The number of carbonyl (C=O) groups excluding carboxylic acids is 5. The van der Waals surface area contributed by atoms with Gasteiger partial charge in [0.1, 0.15) is 0 Å². The molecule has 2 aliphatic rings. The van der Waals surface area contributed by atoms with Crippen molar-refractivity contribution in [1.29, 1.82) is 0 Å². The number of hydrogen-bond donors (Lipinski definition) is 1. The molecule has 0 saturated carbocycles. The predicted octanol–water partition coefficient (Wildman–Crippen LogP) is 1.36. The van der Waals surface area contributed by atoms with Crippen LogP contribution in [0.3, 0.4) is 0 Å². The van der Waals surface area contributed by atoms with Crippen LogP contribution >= 0.6 is 0 Å². The number of primary amides is 1. The highest BCUT2D eigenvalue weighted by Gasteiger charge is 2.36. The first-order chi connectivity index (χ1) is 15.8. The van der Waals surface area contributed by atoms with Gasteiger partial charge in [0, 0.05) is 19.0 Å². The van der Waals surface area contributed by atoms with E-state index in [1.165, 1.54) is 23.1 Å². The monoisotopic (exact) mass is 449 g/mol. The molecule has 4 rings (SSSR count). The zero-order valence-corrected chi connectivity index (χ0v) is 17.9. The van der Waals surface area contributed by atoms with E-state index in [-0.39, 0.29) is 41.0 Å². The standard InChI is InChI=1S/C24H23N3O6/c25-21(29)16-8-10-26(11-9-16)20(28)14-33-24(32)17-6-7-18-19(12-17)23(31)27(22(18)30)13-15-4-2-1-3-5-15/h1-7,12,16H,8-11,13-14H2,(H2,25,29). The Hall–Kier alpha value is -4.01. The molecule has 1 saturated heterocycles. The van der Waals surface area contributed by atoms with Gasteiger partial charge in [0.05, 0.1) is 23.2 Å². The summed E-state index contributed by atoms with van der Waals surface area (Å²) < 4.78 is 5.13. The van der Waals surface area contributed by atoms with Gasteiger partial charge in [-0.15, -0.1) is 0 Å². The van der Waals surface area contributed by atoms with Crippen LogP contribution in [0.2, 0.25) is 0 Å². The molecule has 33 heavy (non-hydrogen) atoms. The summed E-state index contributed by atoms with van der Waals surface area (Å²) in [7, 11) is 0. The van der Waals surface area contributed by atoms with Gasteiger partial charge < -0.3 is 15.4 Å². The minimum Gasteiger partial charge on any atom is -0.452 e. The van der Waals surface area contributed by atoms with Gasteiger partial charge in [0.25, 0.3) is 17.7 Å². The Bertz CT molecular complexity index is 1120. The van der Waals surface area contributed by atoms with Crippen LogP contribution in [0.1, 0.15) is 49.5 Å². The minimum atomic E-state index is -0.764. The average molecular weight is 449 g/mol. The molecule has 9 nitrogen and oxygen atoms in total. The van der Waals surface area contributed by atoms with E-state index in [0.717, 1.165) is 10.5 Å². The van der Waals surface area contributed by atoms with Crippen molar-refractivity contribution in [2.24, 2.45) is 11.7 Å². The van der Waals surface area contributed by atoms with Gasteiger partial charge in [-0.2, -0.15) is 0 Å². The lowest BCUT2D eigenvalue weighted by molar-refractivity contribution is -0.137. The molecule has 170 valence electrons. The zero-order valence-electron chi connectivity index (χ0n) is 17.9. The summed E-state index contributed by atoms with van der Waals surface area (Å²) in [6, 6.07) is 13.3. The number of nitrogens with zero attached hydrogens (tertiary/aromatic N) is 2. The Kier molecular flexibility index (Phi) is 6.21. The molecule has 0 aromatic heterocycles. The Balaban J connectivity index is 1.37. The van der Waals surface area contributed by atoms with Gasteiger partial charge >= 0.3 is 5.97 Å². The molecule has 2 N–H and O–H groups in total. The van der Waals surface area contributed by atoms with E-state index in [2.05, 4.69) is 0 Å². The number of piperidine rings is 1. The lowest BCUT2D eigenvalue weighted by Gasteiger charge is -2.30. The van der Waals surface area contributed by atoms with Gasteiger partial charge in [-0.25, -0.2) is 4.79 Å². The number of esters is 1. The van der Waals surface area contributed by atoms with Gasteiger partial charge in [0.2, 0.25) is 5.91 Å². The van der Waals surface area contributed by atoms with E-state index >= 15 is 0 Å². The van der Waals surface area contributed by atoms with Crippen LogP contribution in [0.4, 0.5) is 0 Å². The Morgan fingerprint density at radius 2 is 1.61 bits per heavy atom. The highest BCUT2D eigenvalue weighted by atomic mass is 16.5. The summed E-state index contributed by atoms with van der Waals surface area (Å²) in [6.07, 6.45) is 0.963. The first kappa shape index (κ1) is 22.2. The van der Waals surface area contributed by atoms with Crippen LogP contribution < -0.4 is 5.73 Å². The molecule has 0 unspecified atom stereocenters. The van der Waals surface area contributed by atoms with Gasteiger partial charge in [-0.05, 0) is 36.6 Å². The van der Waals surface area contributed by atoms with Crippen molar-refractivity contribution in [3.63, 3.8) is 0 Å². The first-order valence-corrected chi connectivity index (χ1v) is 10.6. The highest BCUT2D eigenvalue weighted by molar-refractivity contribution is 6.21. The topological polar surface area (TPSA) is 127 Å². The Labute approximate surface area is 190 Å². The van der Waals surface area contributed by atoms with Crippen LogP contribution in [0, 0.1) is 5.92 Å². The lowest BCUT2D eigenvalue weighted by atomic mass is 9.96. The van der Waals surface area contributed by atoms with E-state index in [0.29, 0.717) is 25.9 Å². The zero-order chi connectivity index (χ0) is 23.5. The molecule has 0 radical (unpaired) electrons. The highest BCUT2D eigenvalue weighted by Crippen LogP contribution is 2.26. The van der Waals surface area contributed by atoms with Gasteiger partial charge in [0.15, 0.2) is 6.61 Å². The van der Waals surface area contributed by atoms with E-state index < -0.39 is 24.4 Å². The maximum Gasteiger partial charge on any atom is 0.338 e. The molecule has 2 aromatic carbocycles. The van der Waals surface area contributed by atoms with Crippen molar-refractivity contribution < 1.29 is 28.7 Å². The quantitative estimate of drug-likeness (QED) is 0.524. The summed E-state index contributed by atoms with van der Waals surface area (Å²) in [4.78, 5) is 64.2. The number of benzene rings is 2. The third-order valence-electron chi connectivity index (χ3n) is 5.97. The molecule has 0 atom stereocenters. The summed E-state index contributed by atoms with van der Waals surface area (Å²) in [5, 5.41) is 0. The fourth-order valence-electron chi connectivity index (χ4n) is 4.04. The fraction of sp³-hybridized carbons (Fsp3) is 0.292. The van der Waals surface area contributed by atoms with Crippen molar-refractivity contribution >= 4 is 29.6 Å². The van der Waals surface area contributed by atoms with Crippen LogP contribution in [0.15, 0.2) is 48.5 Å². The van der Waals surface area contributed by atoms with Crippen molar-refractivity contribution in [3.8, 4) is 0 Å². The molecule has 0 aliphatic carbocycles. The maximum atomic E-state index is 12.8. The summed E-state index contributed by atoms with van der Waals surface area (Å²) >= 11 is 0. The first-order valence-electron chi connectivity index (χ1n) is 10.6. The predicted molar refractivity (Wildman–Crippen MR) is 116 cm³/mol. The number of amides is 4. The third-order valence-corrected chi connectivity index (χ3v) is 5.97. The largest absolute Gasteiger partial charge is 0.452 e. The SMILES string of the molecule is NC(=O)C1CCN(C(=O)COC(=O)c2ccc3c(c2)C(=O)N(Cc2ccccc2)C3=O)CC1. The number of nitrogens with two attached hydrogens (primary N) is 1. The van der Waals surface area contributed by atoms with Crippen molar-refractivity contribution in [1.82, 2.24) is 9.80 Å². The van der Waals surface area contributed by atoms with E-state index in [1.807, 2.05) is 30.3 Å². The van der Waals surface area contributed by atoms with Crippen molar-refractivity contribution in [2.45, 2.75) is 19.4 Å². The Morgan fingerprint density at radius 1 is 0.939 bits per heavy atom. The smallest absolute Gasteiger partial charge is 0.338 e. The number of carbonyl (C=O) groups is 5. The molecule has 0 bridgehead atoms. The van der Waals surface area contributed by atoms with Crippen molar-refractivity contribution in [3.05, 3.63) is 70.8 Å². The van der Waals surface area contributed by atoms with E-state index in [4.69, 9.17) is 10.5 Å². The summed E-state index contributed by atoms with van der Waals surface area (Å²) in [5.41, 5.74) is 6.54. The second kappa shape index (κ2) is 9.23. The molecule has 1 fully saturated rings. The Morgan fingerprint density at radius 3 is 2.27 bits per heavy atom. The summed E-state index contributed by atoms with van der Waals surface area (Å²) in [5.74, 6) is -2.66. The molecular formula is C24H23N3O6. The second-order valence-corrected chi connectivity index (χ2v) is 8.08. The number of ether oxygens (including phenoxy) is 1. The van der Waals surface area contributed by atoms with Crippen molar-refractivity contribution in [2.75, 3.05) is 19.7 Å². The normalized spacial score (nSPS) is 16.0. The van der Waals surface area contributed by atoms with Crippen LogP contribution in [-0.4, -0.2) is 59.1 Å². The molecule has 0 spiro atoms. The minimum absolute atomic E-state index is 0.0803.